The predicted molar refractivity (Wildman–Crippen MR) is 207 cm³/mol. The van der Waals surface area contributed by atoms with Crippen molar-refractivity contribution in [3.8, 4) is 50.5 Å². The number of hydrogen-bond donors (Lipinski definition) is 0. The van der Waals surface area contributed by atoms with Gasteiger partial charge in [-0.05, 0) is 68.5 Å². The summed E-state index contributed by atoms with van der Waals surface area (Å²) in [4.78, 5) is 0. The minimum Gasteiger partial charge on any atom is -0.496 e. The number of hydrogen-bond acceptors (Lipinski definition) is 3. The third kappa shape index (κ3) is 4.30. The van der Waals surface area contributed by atoms with Gasteiger partial charge in [0.15, 0.2) is 0 Å². The van der Waals surface area contributed by atoms with Gasteiger partial charge in [-0.3, -0.25) is 0 Å². The van der Waals surface area contributed by atoms with Crippen LogP contribution in [0.5, 0.6) is 5.75 Å². The van der Waals surface area contributed by atoms with Crippen molar-refractivity contribution >= 4 is 54.5 Å². The number of benzene rings is 8. The molecule has 8 aromatic carbocycles. The van der Waals surface area contributed by atoms with E-state index in [0.717, 1.165) is 88.0 Å². The van der Waals surface area contributed by atoms with Crippen molar-refractivity contribution in [2.24, 2.45) is 0 Å². The Morgan fingerprint density at radius 3 is 1.88 bits per heavy atom. The molecule has 3 heteroatoms. The summed E-state index contributed by atoms with van der Waals surface area (Å²) in [5.74, 6) is 0.940. The Morgan fingerprint density at radius 2 is 1.14 bits per heavy atom. The second-order valence-electron chi connectivity index (χ2n) is 12.4. The van der Waals surface area contributed by atoms with Crippen LogP contribution in [0.1, 0.15) is 5.48 Å². The molecule has 0 aliphatic rings. The van der Waals surface area contributed by atoms with Gasteiger partial charge in [0.2, 0.25) is 0 Å². The lowest BCUT2D eigenvalue weighted by Gasteiger charge is -2.19. The lowest BCUT2D eigenvalue weighted by molar-refractivity contribution is 0.416. The molecule has 0 spiro atoms. The van der Waals surface area contributed by atoms with Gasteiger partial charge in [-0.1, -0.05) is 133 Å². The summed E-state index contributed by atoms with van der Waals surface area (Å²) in [5, 5.41) is 6.58. The third-order valence-electron chi connectivity index (χ3n) is 9.72. The van der Waals surface area contributed by atoms with Crippen LogP contribution in [-0.2, 0) is 0 Å². The summed E-state index contributed by atoms with van der Waals surface area (Å²) < 4.78 is 53.4. The second-order valence-corrected chi connectivity index (χ2v) is 12.4. The summed E-state index contributed by atoms with van der Waals surface area (Å²) in [7, 11) is 1.45. The number of para-hydroxylation sites is 2. The molecule has 0 N–H and O–H groups in total. The van der Waals surface area contributed by atoms with Gasteiger partial charge in [-0.25, -0.2) is 0 Å². The zero-order valence-electron chi connectivity index (χ0n) is 31.0. The average molecular weight is 647 g/mol. The molecule has 10 aromatic rings. The van der Waals surface area contributed by atoms with E-state index in [1.165, 1.54) is 7.11 Å². The molecule has 2 aromatic heterocycles. The molecule has 0 amide bonds. The molecule has 0 aliphatic carbocycles. The molecule has 3 nitrogen and oxygen atoms in total. The molecule has 0 atom stereocenters. The first-order chi connectivity index (χ1) is 26.4. The summed E-state index contributed by atoms with van der Waals surface area (Å²) in [5.41, 5.74) is 8.46. The smallest absolute Gasteiger partial charge is 0.143 e. The van der Waals surface area contributed by atoms with Crippen LogP contribution in [0.2, 0.25) is 0 Å². The van der Waals surface area contributed by atoms with Gasteiger partial charge in [-0.15, -0.1) is 0 Å². The van der Waals surface area contributed by atoms with Crippen LogP contribution in [0.3, 0.4) is 0 Å². The Labute approximate surface area is 294 Å². The van der Waals surface area contributed by atoms with E-state index < -0.39 is 0 Å². The van der Waals surface area contributed by atoms with Crippen LogP contribution >= 0.6 is 0 Å². The van der Waals surface area contributed by atoms with Crippen molar-refractivity contribution in [3.63, 3.8) is 0 Å². The Balaban J connectivity index is 1.23. The van der Waals surface area contributed by atoms with Crippen LogP contribution in [-0.4, -0.2) is 7.11 Å². The summed E-state index contributed by atoms with van der Waals surface area (Å²) in [6.45, 7) is 0. The molecule has 0 radical (unpaired) electrons. The molecular weight excluding hydrogens is 613 g/mol. The molecule has 2 heterocycles. The van der Waals surface area contributed by atoms with Crippen LogP contribution < -0.4 is 4.74 Å². The molecule has 0 fully saturated rings. The zero-order chi connectivity index (χ0) is 36.7. The molecule has 0 saturated heterocycles. The van der Waals surface area contributed by atoms with Gasteiger partial charge in [0, 0.05) is 38.4 Å². The maximum absolute atomic E-state index is 9.05. The van der Waals surface area contributed by atoms with Gasteiger partial charge < -0.3 is 13.6 Å². The van der Waals surface area contributed by atoms with Gasteiger partial charge >= 0.3 is 0 Å². The fourth-order valence-corrected chi connectivity index (χ4v) is 7.56. The number of methoxy groups -OCH3 is 1. The highest BCUT2D eigenvalue weighted by Gasteiger charge is 2.22. The predicted octanol–water partition coefficient (Wildman–Crippen LogP) is 13.3. The summed E-state index contributed by atoms with van der Waals surface area (Å²) in [6.07, 6.45) is 0. The van der Waals surface area contributed by atoms with Gasteiger partial charge in [0.1, 0.15) is 28.3 Å². The van der Waals surface area contributed by atoms with E-state index in [1.54, 1.807) is 0 Å². The molecule has 0 unspecified atom stereocenters. The molecule has 0 aliphatic heterocycles. The van der Waals surface area contributed by atoms with E-state index in [-0.39, 0.29) is 29.9 Å². The third-order valence-corrected chi connectivity index (χ3v) is 9.72. The number of furan rings is 2. The van der Waals surface area contributed by atoms with Gasteiger partial charge in [-0.2, -0.15) is 0 Å². The minimum absolute atomic E-state index is 0.115. The van der Waals surface area contributed by atoms with Crippen molar-refractivity contribution < 1.29 is 19.1 Å². The van der Waals surface area contributed by atoms with E-state index in [2.05, 4.69) is 54.6 Å². The number of rotatable bonds is 5. The number of fused-ring (bicyclic) bond motifs is 6. The van der Waals surface area contributed by atoms with E-state index in [9.17, 15) is 0 Å². The fraction of sp³-hybridized carbons (Fsp3) is 0.0213. The second kappa shape index (κ2) is 11.3. The first-order valence-corrected chi connectivity index (χ1v) is 16.5. The highest BCUT2D eigenvalue weighted by Crippen LogP contribution is 2.49. The van der Waals surface area contributed by atoms with E-state index in [0.29, 0.717) is 11.1 Å². The van der Waals surface area contributed by atoms with Crippen molar-refractivity contribution in [2.45, 2.75) is 0 Å². The highest BCUT2D eigenvalue weighted by molar-refractivity contribution is 6.26. The monoisotopic (exact) mass is 646 g/mol. The Kier molecular flexibility index (Phi) is 5.52. The lowest BCUT2D eigenvalue weighted by atomic mass is 9.84. The van der Waals surface area contributed by atoms with Crippen molar-refractivity contribution in [1.82, 2.24) is 0 Å². The zero-order valence-corrected chi connectivity index (χ0v) is 27.0. The molecular formula is C47H30O3. The van der Waals surface area contributed by atoms with E-state index in [1.807, 2.05) is 84.9 Å². The number of ether oxygens (including phenoxy) is 1. The molecule has 0 bridgehead atoms. The van der Waals surface area contributed by atoms with Gasteiger partial charge in [0.25, 0.3) is 0 Å². The maximum Gasteiger partial charge on any atom is 0.143 e. The first-order valence-electron chi connectivity index (χ1n) is 18.5. The first kappa shape index (κ1) is 24.5. The lowest BCUT2D eigenvalue weighted by Crippen LogP contribution is -1.93. The Bertz CT molecular complexity index is 3080. The SMILES string of the molecule is [2H]c1c([2H])c([2H])c(-c2c3ccccc3c(-c3cccc4oc5c(-c6ccc7oc(-c8ccccc8)cc7c6)cccc5c34)c3ccccc23)c(OC)c1[2H]. The molecule has 50 heavy (non-hydrogen) atoms. The van der Waals surface area contributed by atoms with Crippen LogP contribution in [0.25, 0.3) is 99.2 Å². The average Bonchev–Trinajstić information content (AvgIpc) is 3.83. The Morgan fingerprint density at radius 1 is 0.500 bits per heavy atom. The molecule has 236 valence electrons. The highest BCUT2D eigenvalue weighted by atomic mass is 16.5. The minimum atomic E-state index is -0.328. The van der Waals surface area contributed by atoms with Crippen molar-refractivity contribution in [3.05, 3.63) is 164 Å². The maximum atomic E-state index is 9.05. The normalized spacial score (nSPS) is 12.8. The molecule has 0 saturated carbocycles. The molecule has 10 rings (SSSR count). The summed E-state index contributed by atoms with van der Waals surface area (Å²) >= 11 is 0. The van der Waals surface area contributed by atoms with E-state index in [4.69, 9.17) is 19.1 Å². The summed E-state index contributed by atoms with van der Waals surface area (Å²) in [6, 6.07) is 46.0. The van der Waals surface area contributed by atoms with Crippen LogP contribution in [0.15, 0.2) is 173 Å². The standard InChI is InChI=1S/C47H30O3/c1-48-41-23-10-9-19-37(41)44-33-15-5-7-17-35(33)45(36-18-8-6-16-34(36)44)38-21-12-24-42-46(38)39-22-11-20-32(47(39)50-42)30-25-26-40-31(27-30)28-43(49-40)29-13-3-2-4-14-29/h2-28H,1H3/i9D,10D,19D,23D. The van der Waals surface area contributed by atoms with Crippen LogP contribution in [0, 0.1) is 0 Å². The van der Waals surface area contributed by atoms with Crippen molar-refractivity contribution in [1.29, 1.82) is 0 Å². The fourth-order valence-electron chi connectivity index (χ4n) is 7.56. The largest absolute Gasteiger partial charge is 0.496 e. The van der Waals surface area contributed by atoms with Crippen molar-refractivity contribution in [2.75, 3.05) is 7.11 Å². The topological polar surface area (TPSA) is 35.5 Å². The Hall–Kier alpha value is -6.58. The van der Waals surface area contributed by atoms with E-state index >= 15 is 0 Å². The quantitative estimate of drug-likeness (QED) is 0.175. The van der Waals surface area contributed by atoms with Gasteiger partial charge in [0.05, 0.1) is 12.6 Å². The van der Waals surface area contributed by atoms with Crippen LogP contribution in [0.4, 0.5) is 0 Å².